The van der Waals surface area contributed by atoms with Crippen LogP contribution in [0.2, 0.25) is 0 Å². The Kier molecular flexibility index (Phi) is 3.23. The number of aromatic nitrogens is 4. The summed E-state index contributed by atoms with van der Waals surface area (Å²) in [5.74, 6) is -0.232. The predicted molar refractivity (Wildman–Crippen MR) is 50.1 cm³/mol. The second-order valence-corrected chi connectivity index (χ2v) is 3.42. The lowest BCUT2D eigenvalue weighted by atomic mass is 10.2. The number of carbonyl (C=O) groups excluding carboxylic acids is 1. The molecule has 1 aliphatic rings. The first-order chi connectivity index (χ1) is 7.36. The number of nitrogens with zero attached hydrogens (tertiary/aromatic N) is 3. The molecule has 82 valence electrons. The van der Waals surface area contributed by atoms with E-state index in [1.807, 2.05) is 0 Å². The van der Waals surface area contributed by atoms with Gasteiger partial charge in [-0.2, -0.15) is 5.21 Å². The average molecular weight is 211 g/mol. The zero-order chi connectivity index (χ0) is 10.5. The van der Waals surface area contributed by atoms with E-state index < -0.39 is 0 Å². The molecule has 1 aromatic rings. The molecule has 2 heterocycles. The van der Waals surface area contributed by atoms with Crippen LogP contribution in [0.15, 0.2) is 0 Å². The molecule has 0 bridgehead atoms. The van der Waals surface area contributed by atoms with E-state index in [0.717, 1.165) is 25.9 Å². The highest BCUT2D eigenvalue weighted by Gasteiger charge is 2.16. The number of H-pyrrole nitrogens is 1. The summed E-state index contributed by atoms with van der Waals surface area (Å²) in [6.45, 7) is 1.42. The Morgan fingerprint density at radius 3 is 3.27 bits per heavy atom. The largest absolute Gasteiger partial charge is 0.378 e. The molecule has 0 spiro atoms. The Labute approximate surface area is 86.6 Å². The molecular weight excluding hydrogens is 198 g/mol. The molecule has 1 atom stereocenters. The first kappa shape index (κ1) is 10.0. The van der Waals surface area contributed by atoms with E-state index in [9.17, 15) is 4.79 Å². The van der Waals surface area contributed by atoms with Gasteiger partial charge in [-0.05, 0) is 24.5 Å². The van der Waals surface area contributed by atoms with Crippen molar-refractivity contribution in [3.05, 3.63) is 5.82 Å². The van der Waals surface area contributed by atoms with Gasteiger partial charge in [-0.25, -0.2) is 0 Å². The predicted octanol–water partition coefficient (Wildman–Crippen LogP) is -0.501. The lowest BCUT2D eigenvalue weighted by Crippen LogP contribution is -2.27. The molecule has 1 aliphatic heterocycles. The van der Waals surface area contributed by atoms with E-state index in [-0.39, 0.29) is 17.8 Å². The van der Waals surface area contributed by atoms with Crippen LogP contribution in [0.4, 0.5) is 0 Å². The summed E-state index contributed by atoms with van der Waals surface area (Å²) in [6, 6.07) is 0. The highest BCUT2D eigenvalue weighted by Crippen LogP contribution is 2.14. The van der Waals surface area contributed by atoms with Crippen LogP contribution < -0.4 is 5.32 Å². The summed E-state index contributed by atoms with van der Waals surface area (Å²) in [5, 5.41) is 15.4. The van der Waals surface area contributed by atoms with Crippen molar-refractivity contribution in [1.29, 1.82) is 0 Å². The average Bonchev–Trinajstić information content (AvgIpc) is 2.90. The van der Waals surface area contributed by atoms with Gasteiger partial charge in [0.05, 0.1) is 6.10 Å². The van der Waals surface area contributed by atoms with Crippen molar-refractivity contribution in [2.24, 2.45) is 0 Å². The van der Waals surface area contributed by atoms with Crippen LogP contribution in [-0.2, 0) is 4.74 Å². The Morgan fingerprint density at radius 2 is 2.60 bits per heavy atom. The van der Waals surface area contributed by atoms with Gasteiger partial charge in [-0.15, -0.1) is 10.2 Å². The molecule has 7 heteroatoms. The van der Waals surface area contributed by atoms with Gasteiger partial charge in [0.15, 0.2) is 0 Å². The molecule has 1 aromatic heterocycles. The molecule has 2 rings (SSSR count). The Hall–Kier alpha value is -1.50. The first-order valence-electron chi connectivity index (χ1n) is 4.99. The van der Waals surface area contributed by atoms with Crippen LogP contribution in [0.3, 0.4) is 0 Å². The molecule has 1 unspecified atom stereocenters. The van der Waals surface area contributed by atoms with Gasteiger partial charge in [-0.1, -0.05) is 0 Å². The number of nitrogens with one attached hydrogen (secondary N) is 2. The van der Waals surface area contributed by atoms with Gasteiger partial charge in [0.2, 0.25) is 0 Å². The first-order valence-corrected chi connectivity index (χ1v) is 4.99. The van der Waals surface area contributed by atoms with Gasteiger partial charge in [0.1, 0.15) is 0 Å². The van der Waals surface area contributed by atoms with Gasteiger partial charge in [0.25, 0.3) is 11.7 Å². The Balaban J connectivity index is 1.67. The fourth-order valence-corrected chi connectivity index (χ4v) is 1.56. The van der Waals surface area contributed by atoms with Crippen molar-refractivity contribution in [2.75, 3.05) is 13.2 Å². The monoisotopic (exact) mass is 211 g/mol. The number of tetrazole rings is 1. The van der Waals surface area contributed by atoms with Gasteiger partial charge in [0, 0.05) is 13.2 Å². The fourth-order valence-electron chi connectivity index (χ4n) is 1.56. The summed E-state index contributed by atoms with van der Waals surface area (Å²) >= 11 is 0. The molecule has 0 aliphatic carbocycles. The second kappa shape index (κ2) is 4.83. The maximum atomic E-state index is 11.3. The minimum Gasteiger partial charge on any atom is -0.378 e. The molecule has 2 N–H and O–H groups in total. The Bertz CT molecular complexity index is 307. The highest BCUT2D eigenvalue weighted by atomic mass is 16.5. The number of ether oxygens (including phenoxy) is 1. The van der Waals surface area contributed by atoms with Crippen molar-refractivity contribution in [3.63, 3.8) is 0 Å². The van der Waals surface area contributed by atoms with Crippen molar-refractivity contribution in [1.82, 2.24) is 25.9 Å². The smallest absolute Gasteiger partial charge is 0.292 e. The number of rotatable bonds is 4. The van der Waals surface area contributed by atoms with E-state index in [2.05, 4.69) is 25.9 Å². The van der Waals surface area contributed by atoms with Gasteiger partial charge < -0.3 is 10.1 Å². The number of hydrogen-bond donors (Lipinski definition) is 2. The minimum atomic E-state index is -0.304. The van der Waals surface area contributed by atoms with Crippen LogP contribution in [0.25, 0.3) is 0 Å². The van der Waals surface area contributed by atoms with Crippen molar-refractivity contribution < 1.29 is 9.53 Å². The molecule has 1 fully saturated rings. The van der Waals surface area contributed by atoms with Crippen LogP contribution in [0, 0.1) is 0 Å². The SMILES string of the molecule is O=C(NCCC1CCCO1)c1nn[nH]n1. The molecule has 1 amide bonds. The van der Waals surface area contributed by atoms with Crippen molar-refractivity contribution >= 4 is 5.91 Å². The second-order valence-electron chi connectivity index (χ2n) is 3.42. The lowest BCUT2D eigenvalue weighted by molar-refractivity contribution is 0.0899. The quantitative estimate of drug-likeness (QED) is 0.700. The zero-order valence-corrected chi connectivity index (χ0v) is 8.27. The van der Waals surface area contributed by atoms with Crippen LogP contribution in [0.5, 0.6) is 0 Å². The third kappa shape index (κ3) is 2.72. The Morgan fingerprint density at radius 1 is 1.67 bits per heavy atom. The summed E-state index contributed by atoms with van der Waals surface area (Å²) in [5.41, 5.74) is 0. The summed E-state index contributed by atoms with van der Waals surface area (Å²) in [4.78, 5) is 11.3. The molecule has 15 heavy (non-hydrogen) atoms. The third-order valence-corrected chi connectivity index (χ3v) is 2.32. The lowest BCUT2D eigenvalue weighted by Gasteiger charge is -2.08. The molecule has 1 saturated heterocycles. The number of amides is 1. The van der Waals surface area contributed by atoms with Crippen molar-refractivity contribution in [3.8, 4) is 0 Å². The van der Waals surface area contributed by atoms with Crippen molar-refractivity contribution in [2.45, 2.75) is 25.4 Å². The summed E-state index contributed by atoms with van der Waals surface area (Å²) in [6.07, 6.45) is 3.32. The maximum Gasteiger partial charge on any atom is 0.292 e. The van der Waals surface area contributed by atoms with Gasteiger partial charge in [-0.3, -0.25) is 4.79 Å². The summed E-state index contributed by atoms with van der Waals surface area (Å²) in [7, 11) is 0. The molecule has 7 nitrogen and oxygen atoms in total. The molecule has 0 aromatic carbocycles. The summed E-state index contributed by atoms with van der Waals surface area (Å²) < 4.78 is 5.42. The van der Waals surface area contributed by atoms with Gasteiger partial charge >= 0.3 is 0 Å². The van der Waals surface area contributed by atoms with E-state index in [1.54, 1.807) is 0 Å². The normalized spacial score (nSPS) is 20.4. The minimum absolute atomic E-state index is 0.0716. The van der Waals surface area contributed by atoms with Crippen LogP contribution in [-0.4, -0.2) is 45.8 Å². The highest BCUT2D eigenvalue weighted by molar-refractivity contribution is 5.89. The zero-order valence-electron chi connectivity index (χ0n) is 8.27. The van der Waals surface area contributed by atoms with E-state index in [0.29, 0.717) is 6.54 Å². The fraction of sp³-hybridized carbons (Fsp3) is 0.750. The molecule has 0 saturated carbocycles. The van der Waals surface area contributed by atoms with E-state index in [4.69, 9.17) is 4.74 Å². The van der Waals surface area contributed by atoms with E-state index >= 15 is 0 Å². The topological polar surface area (TPSA) is 92.8 Å². The van der Waals surface area contributed by atoms with E-state index in [1.165, 1.54) is 0 Å². The van der Waals surface area contributed by atoms with Crippen LogP contribution in [0.1, 0.15) is 29.9 Å². The number of aromatic amines is 1. The molecular formula is C8H13N5O2. The standard InChI is InChI=1S/C8H13N5O2/c14-8(7-10-12-13-11-7)9-4-3-6-2-1-5-15-6/h6H,1-5H2,(H,9,14)(H,10,11,12,13). The number of hydrogen-bond acceptors (Lipinski definition) is 5. The number of carbonyl (C=O) groups is 1. The van der Waals surface area contributed by atoms with Crippen LogP contribution >= 0.6 is 0 Å². The maximum absolute atomic E-state index is 11.3. The molecule has 0 radical (unpaired) electrons. The third-order valence-electron chi connectivity index (χ3n) is 2.32.